The maximum Gasteiger partial charge on any atom is 0.305 e. The molecule has 9 nitrogen and oxygen atoms in total. The highest BCUT2D eigenvalue weighted by molar-refractivity contribution is 8.00. The molecule has 8 unspecified atom stereocenters. The number of likely N-dealkylation sites (tertiary alicyclic amines) is 1. The van der Waals surface area contributed by atoms with Crippen molar-refractivity contribution in [3.05, 3.63) is 38.3 Å². The average Bonchev–Trinajstić information content (AvgIpc) is 3.56. The highest BCUT2D eigenvalue weighted by atomic mass is 32.2. The first-order chi connectivity index (χ1) is 16.8. The van der Waals surface area contributed by atoms with E-state index in [1.54, 1.807) is 26.0 Å². The van der Waals surface area contributed by atoms with Crippen LogP contribution in [0.4, 0.5) is 0 Å². The van der Waals surface area contributed by atoms with E-state index in [1.807, 2.05) is 18.2 Å². The molecule has 0 spiro atoms. The molecule has 4 aliphatic rings. The first kappa shape index (κ1) is 22.7. The first-order valence-corrected chi connectivity index (χ1v) is 13.2. The molecule has 1 N–H and O–H groups in total. The number of H-pyrrole nitrogens is 1. The van der Waals surface area contributed by atoms with Gasteiger partial charge in [0.25, 0.3) is 0 Å². The SMILES string of the molecule is COc1ccc(C2c3sc(=O)[nH]c3SC3C4CC(C5C(=O)N(C(C)C(=O)[O-])C(=O)C45)C23)cc1OC. The molecule has 2 amide bonds. The maximum absolute atomic E-state index is 13.4. The lowest BCUT2D eigenvalue weighted by atomic mass is 9.68. The van der Waals surface area contributed by atoms with E-state index in [0.29, 0.717) is 11.5 Å². The van der Waals surface area contributed by atoms with Gasteiger partial charge in [-0.3, -0.25) is 19.3 Å². The second kappa shape index (κ2) is 7.86. The van der Waals surface area contributed by atoms with E-state index >= 15 is 0 Å². The van der Waals surface area contributed by atoms with E-state index in [-0.39, 0.29) is 33.8 Å². The molecular weight excluding hydrogens is 492 g/mol. The number of hydrogen-bond acceptors (Lipinski definition) is 9. The van der Waals surface area contributed by atoms with Gasteiger partial charge in [0.05, 0.1) is 43.1 Å². The van der Waals surface area contributed by atoms with Crippen LogP contribution in [0.2, 0.25) is 0 Å². The van der Waals surface area contributed by atoms with Gasteiger partial charge in [0.15, 0.2) is 11.5 Å². The van der Waals surface area contributed by atoms with E-state index in [4.69, 9.17) is 9.47 Å². The van der Waals surface area contributed by atoms with Crippen LogP contribution in [-0.2, 0) is 14.4 Å². The monoisotopic (exact) mass is 515 g/mol. The summed E-state index contributed by atoms with van der Waals surface area (Å²) in [6.45, 7) is 1.32. The number of aromatic amines is 1. The Kier molecular flexibility index (Phi) is 5.09. The first-order valence-electron chi connectivity index (χ1n) is 11.5. The number of benzene rings is 1. The predicted molar refractivity (Wildman–Crippen MR) is 124 cm³/mol. The fourth-order valence-corrected chi connectivity index (χ4v) is 9.84. The van der Waals surface area contributed by atoms with Crippen LogP contribution in [0.25, 0.3) is 0 Å². The summed E-state index contributed by atoms with van der Waals surface area (Å²) in [5.74, 6) is -2.47. The van der Waals surface area contributed by atoms with Crippen molar-refractivity contribution in [1.82, 2.24) is 9.88 Å². The third-order valence-electron chi connectivity index (χ3n) is 8.25. The summed E-state index contributed by atoms with van der Waals surface area (Å²) >= 11 is 2.76. The summed E-state index contributed by atoms with van der Waals surface area (Å²) < 4.78 is 10.9. The van der Waals surface area contributed by atoms with Gasteiger partial charge in [0.1, 0.15) is 0 Å². The van der Waals surface area contributed by atoms with Gasteiger partial charge in [0.2, 0.25) is 11.8 Å². The van der Waals surface area contributed by atoms with Crippen molar-refractivity contribution in [2.75, 3.05) is 14.2 Å². The van der Waals surface area contributed by atoms with Gasteiger partial charge in [-0.1, -0.05) is 17.4 Å². The summed E-state index contributed by atoms with van der Waals surface area (Å²) in [6, 6.07) is 4.42. The second-order valence-electron chi connectivity index (χ2n) is 9.62. The molecule has 1 aromatic heterocycles. The molecule has 2 aromatic rings. The number of carbonyl (C=O) groups is 3. The van der Waals surface area contributed by atoms with Crippen LogP contribution in [0.1, 0.15) is 29.7 Å². The van der Waals surface area contributed by atoms with E-state index < -0.39 is 35.7 Å². The van der Waals surface area contributed by atoms with Gasteiger partial charge in [-0.2, -0.15) is 0 Å². The van der Waals surface area contributed by atoms with Crippen molar-refractivity contribution >= 4 is 40.9 Å². The van der Waals surface area contributed by atoms with Crippen molar-refractivity contribution in [3.8, 4) is 11.5 Å². The van der Waals surface area contributed by atoms with Gasteiger partial charge in [-0.25, -0.2) is 0 Å². The highest BCUT2D eigenvalue weighted by Gasteiger charge is 2.70. The minimum Gasteiger partial charge on any atom is -0.548 e. The molecule has 0 radical (unpaired) electrons. The van der Waals surface area contributed by atoms with Gasteiger partial charge < -0.3 is 24.4 Å². The smallest absolute Gasteiger partial charge is 0.305 e. The van der Waals surface area contributed by atoms with Crippen molar-refractivity contribution in [3.63, 3.8) is 0 Å². The number of fused-ring (bicyclic) bond motifs is 9. The van der Waals surface area contributed by atoms with Gasteiger partial charge in [-0.15, -0.1) is 11.8 Å². The quantitative estimate of drug-likeness (QED) is 0.586. The average molecular weight is 516 g/mol. The lowest BCUT2D eigenvalue weighted by Crippen LogP contribution is -2.49. The minimum absolute atomic E-state index is 0.0123. The van der Waals surface area contributed by atoms with Crippen molar-refractivity contribution in [2.24, 2.45) is 29.6 Å². The molecule has 2 aliphatic heterocycles. The number of thioether (sulfide) groups is 1. The molecule has 35 heavy (non-hydrogen) atoms. The fraction of sp³-hybridized carbons (Fsp3) is 0.500. The maximum atomic E-state index is 13.4. The van der Waals surface area contributed by atoms with Crippen LogP contribution in [0.5, 0.6) is 11.5 Å². The van der Waals surface area contributed by atoms with Crippen LogP contribution in [0.3, 0.4) is 0 Å². The largest absolute Gasteiger partial charge is 0.548 e. The van der Waals surface area contributed by atoms with Crippen molar-refractivity contribution in [2.45, 2.75) is 35.6 Å². The standard InChI is InChI=1S/C24H24N2O7S2/c1-8(23(29)30)26-21(27)16-10-7-11(17(16)22(26)28)18-15(10)14(19-20(34-18)25-24(31)35-19)9-4-5-12(32-2)13(6-9)33-3/h4-6,8,10-11,14-18H,7H2,1-3H3,(H,25,31)(H,29,30)/p-1. The Bertz CT molecular complexity index is 1320. The number of ether oxygens (including phenoxy) is 2. The van der Waals surface area contributed by atoms with Crippen LogP contribution in [-0.4, -0.2) is 53.2 Å². The third-order valence-corrected chi connectivity index (χ3v) is 10.8. The van der Waals surface area contributed by atoms with Gasteiger partial charge in [0, 0.05) is 16.0 Å². The van der Waals surface area contributed by atoms with E-state index in [0.717, 1.165) is 26.8 Å². The van der Waals surface area contributed by atoms with Crippen LogP contribution >= 0.6 is 23.1 Å². The summed E-state index contributed by atoms with van der Waals surface area (Å²) in [5.41, 5.74) is 0.954. The molecule has 3 heterocycles. The Balaban J connectivity index is 1.46. The third kappa shape index (κ3) is 3.00. The zero-order valence-electron chi connectivity index (χ0n) is 19.2. The second-order valence-corrected chi connectivity index (χ2v) is 11.8. The fourth-order valence-electron chi connectivity index (χ4n) is 6.95. The molecule has 8 atom stereocenters. The number of imide groups is 1. The van der Waals surface area contributed by atoms with Crippen molar-refractivity contribution in [1.29, 1.82) is 0 Å². The number of hydrogen-bond donors (Lipinski definition) is 1. The molecule has 2 saturated carbocycles. The Hall–Kier alpha value is -2.79. The number of amides is 2. The Morgan fingerprint density at radius 3 is 2.46 bits per heavy atom. The molecular formula is C24H23N2O7S2-. The predicted octanol–water partition coefficient (Wildman–Crippen LogP) is 1.07. The zero-order valence-corrected chi connectivity index (χ0v) is 20.8. The topological polar surface area (TPSA) is 129 Å². The Morgan fingerprint density at radius 2 is 1.80 bits per heavy atom. The van der Waals surface area contributed by atoms with Gasteiger partial charge >= 0.3 is 4.87 Å². The summed E-state index contributed by atoms with van der Waals surface area (Å²) in [6.07, 6.45) is 0.728. The number of methoxy groups -OCH3 is 2. The molecule has 2 aliphatic carbocycles. The number of carbonyl (C=O) groups excluding carboxylic acids is 3. The number of aliphatic carboxylic acids is 1. The summed E-state index contributed by atoms with van der Waals surface area (Å²) in [4.78, 5) is 55.2. The molecule has 1 saturated heterocycles. The summed E-state index contributed by atoms with van der Waals surface area (Å²) in [5, 5.41) is 12.3. The van der Waals surface area contributed by atoms with Crippen LogP contribution < -0.4 is 19.5 Å². The number of rotatable bonds is 5. The Labute approximate surface area is 208 Å². The van der Waals surface area contributed by atoms with Gasteiger partial charge in [-0.05, 0) is 48.8 Å². The normalized spacial score (nSPS) is 33.3. The number of nitrogens with zero attached hydrogens (tertiary/aromatic N) is 1. The van der Waals surface area contributed by atoms with E-state index in [2.05, 4.69) is 4.98 Å². The zero-order chi connectivity index (χ0) is 24.8. The molecule has 1 aromatic carbocycles. The molecule has 2 bridgehead atoms. The molecule has 3 fully saturated rings. The molecule has 6 rings (SSSR count). The lowest BCUT2D eigenvalue weighted by Gasteiger charge is -2.43. The highest BCUT2D eigenvalue weighted by Crippen LogP contribution is 2.68. The minimum atomic E-state index is -1.44. The van der Waals surface area contributed by atoms with Crippen LogP contribution in [0, 0.1) is 29.6 Å². The number of carboxylic acids is 1. The lowest BCUT2D eigenvalue weighted by molar-refractivity contribution is -0.310. The molecule has 11 heteroatoms. The molecule has 184 valence electrons. The number of nitrogens with one attached hydrogen (secondary N) is 1. The summed E-state index contributed by atoms with van der Waals surface area (Å²) in [7, 11) is 3.14. The number of aromatic nitrogens is 1. The van der Waals surface area contributed by atoms with Crippen molar-refractivity contribution < 1.29 is 29.0 Å². The van der Waals surface area contributed by atoms with E-state index in [9.17, 15) is 24.3 Å². The van der Waals surface area contributed by atoms with E-state index in [1.165, 1.54) is 18.3 Å². The number of carboxylic acid groups (broad SMARTS) is 1. The van der Waals surface area contributed by atoms with Crippen LogP contribution in [0.15, 0.2) is 28.0 Å². The number of thiazole rings is 1. The Morgan fingerprint density at radius 1 is 1.11 bits per heavy atom.